The molecule has 0 spiro atoms. The number of halogens is 4. The zero-order valence-corrected chi connectivity index (χ0v) is 13.0. The van der Waals surface area contributed by atoms with Gasteiger partial charge < -0.3 is 15.0 Å². The minimum atomic E-state index is -4.71. The van der Waals surface area contributed by atoms with Crippen LogP contribution in [0.2, 0.25) is 0 Å². The van der Waals surface area contributed by atoms with Crippen molar-refractivity contribution in [3.63, 3.8) is 0 Å². The normalized spacial score (nSPS) is 21.1. The predicted octanol–water partition coefficient (Wildman–Crippen LogP) is 2.95. The molecule has 5 nitrogen and oxygen atoms in total. The summed E-state index contributed by atoms with van der Waals surface area (Å²) < 4.78 is 52.5. The van der Waals surface area contributed by atoms with Crippen LogP contribution in [0.15, 0.2) is 18.2 Å². The smallest absolute Gasteiger partial charge is 0.394 e. The maximum atomic E-state index is 13.4. The van der Waals surface area contributed by atoms with Gasteiger partial charge in [-0.05, 0) is 30.7 Å². The monoisotopic (exact) mass is 358 g/mol. The maximum Gasteiger partial charge on any atom is 0.394 e. The number of aromatic nitrogens is 1. The highest BCUT2D eigenvalue weighted by atomic mass is 19.4. The van der Waals surface area contributed by atoms with E-state index in [0.29, 0.717) is 16.5 Å². The SMILES string of the molecule is Cc1cc(F)cc2[nH]c(C(=O)N3C[C@@H](C(F)(F)F)[C@H](C(=O)O)C3)cc12. The number of hydrogen-bond acceptors (Lipinski definition) is 2. The molecule has 1 fully saturated rings. The number of carbonyl (C=O) groups excluding carboxylic acids is 1. The van der Waals surface area contributed by atoms with Gasteiger partial charge in [0.05, 0.1) is 11.8 Å². The van der Waals surface area contributed by atoms with Gasteiger partial charge in [-0.2, -0.15) is 13.2 Å². The van der Waals surface area contributed by atoms with E-state index in [0.717, 1.165) is 4.90 Å². The average Bonchev–Trinajstić information content (AvgIpc) is 3.09. The Morgan fingerprint density at radius 3 is 2.48 bits per heavy atom. The minimum Gasteiger partial charge on any atom is -0.481 e. The zero-order valence-electron chi connectivity index (χ0n) is 13.0. The van der Waals surface area contributed by atoms with Crippen LogP contribution in [0.4, 0.5) is 17.6 Å². The molecule has 0 radical (unpaired) electrons. The van der Waals surface area contributed by atoms with Crippen LogP contribution in [-0.2, 0) is 4.79 Å². The van der Waals surface area contributed by atoms with E-state index in [4.69, 9.17) is 5.11 Å². The third-order valence-corrected chi connectivity index (χ3v) is 4.48. The minimum absolute atomic E-state index is 0.00402. The molecule has 0 bridgehead atoms. The van der Waals surface area contributed by atoms with Crippen molar-refractivity contribution in [1.82, 2.24) is 9.88 Å². The molecule has 1 saturated heterocycles. The number of alkyl halides is 3. The summed E-state index contributed by atoms with van der Waals surface area (Å²) in [5, 5.41) is 9.59. The van der Waals surface area contributed by atoms with E-state index in [-0.39, 0.29) is 5.69 Å². The Hall–Kier alpha value is -2.58. The van der Waals surface area contributed by atoms with Gasteiger partial charge in [0.1, 0.15) is 11.5 Å². The number of carboxylic acids is 1. The van der Waals surface area contributed by atoms with E-state index < -0.39 is 48.8 Å². The highest BCUT2D eigenvalue weighted by Crippen LogP contribution is 2.38. The molecule has 3 rings (SSSR count). The first-order valence-corrected chi connectivity index (χ1v) is 7.45. The highest BCUT2D eigenvalue weighted by molar-refractivity contribution is 5.99. The summed E-state index contributed by atoms with van der Waals surface area (Å²) in [5.41, 5.74) is 0.918. The number of fused-ring (bicyclic) bond motifs is 1. The summed E-state index contributed by atoms with van der Waals surface area (Å²) in [6.45, 7) is 0.395. The first-order chi connectivity index (χ1) is 11.6. The van der Waals surface area contributed by atoms with Crippen LogP contribution in [0.1, 0.15) is 16.1 Å². The maximum absolute atomic E-state index is 13.4. The summed E-state index contributed by atoms with van der Waals surface area (Å²) in [5.74, 6) is -6.65. The third kappa shape index (κ3) is 3.06. The van der Waals surface area contributed by atoms with Crippen molar-refractivity contribution >= 4 is 22.8 Å². The number of rotatable bonds is 2. The second-order valence-electron chi connectivity index (χ2n) is 6.17. The van der Waals surface area contributed by atoms with Crippen LogP contribution in [-0.4, -0.2) is 46.1 Å². The van der Waals surface area contributed by atoms with Gasteiger partial charge in [0.15, 0.2) is 0 Å². The number of nitrogens with zero attached hydrogens (tertiary/aromatic N) is 1. The second kappa shape index (κ2) is 5.75. The lowest BCUT2D eigenvalue weighted by atomic mass is 9.96. The fraction of sp³-hybridized carbons (Fsp3) is 0.375. The number of aliphatic carboxylic acids is 1. The molecule has 0 unspecified atom stereocenters. The first-order valence-electron chi connectivity index (χ1n) is 7.45. The van der Waals surface area contributed by atoms with Crippen molar-refractivity contribution in [2.24, 2.45) is 11.8 Å². The number of aromatic amines is 1. The standard InChI is InChI=1S/C16H14F4N2O3/c1-7-2-8(17)3-12-9(7)4-13(21-12)14(23)22-5-10(15(24)25)11(6-22)16(18,19)20/h2-4,10-11,21H,5-6H2,1H3,(H,24,25)/t10-,11-/m1/s1. The largest absolute Gasteiger partial charge is 0.481 e. The fourth-order valence-corrected chi connectivity index (χ4v) is 3.21. The van der Waals surface area contributed by atoms with Gasteiger partial charge in [-0.15, -0.1) is 0 Å². The summed E-state index contributed by atoms with van der Waals surface area (Å²) in [6.07, 6.45) is -4.71. The lowest BCUT2D eigenvalue weighted by Gasteiger charge is -2.18. The van der Waals surface area contributed by atoms with E-state index in [2.05, 4.69) is 4.98 Å². The first kappa shape index (κ1) is 17.2. The van der Waals surface area contributed by atoms with Crippen molar-refractivity contribution in [3.8, 4) is 0 Å². The number of amides is 1. The lowest BCUT2D eigenvalue weighted by molar-refractivity contribution is -0.187. The van der Waals surface area contributed by atoms with E-state index in [1.165, 1.54) is 18.2 Å². The molecule has 0 aliphatic carbocycles. The number of aryl methyl sites for hydroxylation is 1. The van der Waals surface area contributed by atoms with Crippen molar-refractivity contribution in [1.29, 1.82) is 0 Å². The lowest BCUT2D eigenvalue weighted by Crippen LogP contribution is -2.34. The molecule has 134 valence electrons. The summed E-state index contributed by atoms with van der Waals surface area (Å²) in [7, 11) is 0. The van der Waals surface area contributed by atoms with Crippen molar-refractivity contribution in [2.45, 2.75) is 13.1 Å². The molecule has 2 aromatic rings. The van der Waals surface area contributed by atoms with Crippen LogP contribution < -0.4 is 0 Å². The Kier molecular flexibility index (Phi) is 3.97. The van der Waals surface area contributed by atoms with Crippen LogP contribution >= 0.6 is 0 Å². The quantitative estimate of drug-likeness (QED) is 0.811. The van der Waals surface area contributed by atoms with Gasteiger partial charge in [-0.3, -0.25) is 9.59 Å². The third-order valence-electron chi connectivity index (χ3n) is 4.48. The van der Waals surface area contributed by atoms with Crippen LogP contribution in [0.3, 0.4) is 0 Å². The Balaban J connectivity index is 1.91. The summed E-state index contributed by atoms with van der Waals surface area (Å²) in [6, 6.07) is 3.89. The molecule has 9 heteroatoms. The fourth-order valence-electron chi connectivity index (χ4n) is 3.21. The predicted molar refractivity (Wildman–Crippen MR) is 79.6 cm³/mol. The van der Waals surface area contributed by atoms with Gasteiger partial charge in [0.25, 0.3) is 5.91 Å². The molecular weight excluding hydrogens is 344 g/mol. The molecule has 2 heterocycles. The number of carbonyl (C=O) groups is 2. The molecular formula is C16H14F4N2O3. The van der Waals surface area contributed by atoms with Crippen LogP contribution in [0, 0.1) is 24.6 Å². The van der Waals surface area contributed by atoms with Crippen molar-refractivity contribution < 1.29 is 32.3 Å². The molecule has 1 amide bonds. The molecule has 25 heavy (non-hydrogen) atoms. The topological polar surface area (TPSA) is 73.4 Å². The Morgan fingerprint density at radius 2 is 1.92 bits per heavy atom. The molecule has 2 N–H and O–H groups in total. The molecule has 1 aromatic heterocycles. The van der Waals surface area contributed by atoms with Crippen molar-refractivity contribution in [2.75, 3.05) is 13.1 Å². The molecule has 0 saturated carbocycles. The van der Waals surface area contributed by atoms with Crippen LogP contribution in [0.25, 0.3) is 10.9 Å². The van der Waals surface area contributed by atoms with Gasteiger partial charge in [-0.1, -0.05) is 0 Å². The molecule has 2 atom stereocenters. The number of nitrogens with one attached hydrogen (secondary N) is 1. The number of likely N-dealkylation sites (tertiary alicyclic amines) is 1. The molecule has 1 aliphatic heterocycles. The Labute approximate surface area is 139 Å². The van der Waals surface area contributed by atoms with E-state index >= 15 is 0 Å². The van der Waals surface area contributed by atoms with Gasteiger partial charge in [-0.25, -0.2) is 4.39 Å². The van der Waals surface area contributed by atoms with Crippen LogP contribution in [0.5, 0.6) is 0 Å². The Morgan fingerprint density at radius 1 is 1.24 bits per heavy atom. The number of H-pyrrole nitrogens is 1. The van der Waals surface area contributed by atoms with E-state index in [1.54, 1.807) is 6.92 Å². The van der Waals surface area contributed by atoms with Crippen molar-refractivity contribution in [3.05, 3.63) is 35.3 Å². The van der Waals surface area contributed by atoms with Gasteiger partial charge in [0.2, 0.25) is 0 Å². The number of benzene rings is 1. The number of carboxylic acid groups (broad SMARTS) is 1. The molecule has 1 aromatic carbocycles. The second-order valence-corrected chi connectivity index (χ2v) is 6.17. The van der Waals surface area contributed by atoms with Gasteiger partial charge in [0, 0.05) is 24.0 Å². The van der Waals surface area contributed by atoms with E-state index in [9.17, 15) is 27.2 Å². The highest BCUT2D eigenvalue weighted by Gasteiger charge is 2.53. The summed E-state index contributed by atoms with van der Waals surface area (Å²) in [4.78, 5) is 27.2. The summed E-state index contributed by atoms with van der Waals surface area (Å²) >= 11 is 0. The van der Waals surface area contributed by atoms with Gasteiger partial charge >= 0.3 is 12.1 Å². The van der Waals surface area contributed by atoms with E-state index in [1.807, 2.05) is 0 Å². The zero-order chi connectivity index (χ0) is 18.5. The number of hydrogen-bond donors (Lipinski definition) is 2. The average molecular weight is 358 g/mol. The Bertz CT molecular complexity index is 859. The molecule has 1 aliphatic rings.